The second-order valence-electron chi connectivity index (χ2n) is 4.72. The lowest BCUT2D eigenvalue weighted by atomic mass is 10.1. The monoisotopic (exact) mass is 254 g/mol. The molecule has 0 amide bonds. The van der Waals surface area contributed by atoms with Gasteiger partial charge in [0, 0.05) is 29.3 Å². The van der Waals surface area contributed by atoms with E-state index >= 15 is 0 Å². The molecule has 3 heteroatoms. The molecule has 2 aromatic carbocycles. The number of nitrogens with one attached hydrogen (secondary N) is 2. The van der Waals surface area contributed by atoms with E-state index in [9.17, 15) is 4.39 Å². The number of halogens is 1. The van der Waals surface area contributed by atoms with E-state index in [1.54, 1.807) is 13.0 Å². The van der Waals surface area contributed by atoms with Crippen molar-refractivity contribution in [1.29, 1.82) is 0 Å². The number of hydrogen-bond donors (Lipinski definition) is 2. The molecular formula is C16H15FN2. The van der Waals surface area contributed by atoms with Crippen LogP contribution < -0.4 is 5.32 Å². The highest BCUT2D eigenvalue weighted by atomic mass is 19.1. The van der Waals surface area contributed by atoms with Crippen LogP contribution in [0.4, 0.5) is 10.1 Å². The molecule has 0 fully saturated rings. The minimum absolute atomic E-state index is 0.152. The van der Waals surface area contributed by atoms with Gasteiger partial charge in [0.25, 0.3) is 0 Å². The van der Waals surface area contributed by atoms with Crippen molar-refractivity contribution in [2.45, 2.75) is 13.5 Å². The number of rotatable bonds is 3. The van der Waals surface area contributed by atoms with Crippen LogP contribution in [0.15, 0.2) is 48.7 Å². The molecule has 0 atom stereocenters. The maximum atomic E-state index is 13.4. The lowest BCUT2D eigenvalue weighted by molar-refractivity contribution is 0.616. The zero-order valence-electron chi connectivity index (χ0n) is 10.7. The van der Waals surface area contributed by atoms with Gasteiger partial charge in [-0.05, 0) is 48.4 Å². The maximum Gasteiger partial charge on any atom is 0.126 e. The van der Waals surface area contributed by atoms with Crippen molar-refractivity contribution in [1.82, 2.24) is 4.98 Å². The lowest BCUT2D eigenvalue weighted by Crippen LogP contribution is -2.00. The molecule has 2 N–H and O–H groups in total. The minimum Gasteiger partial charge on any atom is -0.381 e. The summed E-state index contributed by atoms with van der Waals surface area (Å²) in [6, 6.07) is 13.5. The van der Waals surface area contributed by atoms with Crippen molar-refractivity contribution in [3.05, 3.63) is 65.6 Å². The van der Waals surface area contributed by atoms with Crippen LogP contribution >= 0.6 is 0 Å². The van der Waals surface area contributed by atoms with E-state index in [1.165, 1.54) is 5.39 Å². The molecule has 19 heavy (non-hydrogen) atoms. The molecule has 96 valence electrons. The number of hydrogen-bond acceptors (Lipinski definition) is 1. The number of anilines is 1. The first-order chi connectivity index (χ1) is 9.22. The third kappa shape index (κ3) is 2.45. The Morgan fingerprint density at radius 2 is 2.00 bits per heavy atom. The summed E-state index contributed by atoms with van der Waals surface area (Å²) in [5, 5.41) is 4.48. The van der Waals surface area contributed by atoms with Gasteiger partial charge in [-0.25, -0.2) is 4.39 Å². The van der Waals surface area contributed by atoms with E-state index in [2.05, 4.69) is 16.4 Å². The molecule has 0 saturated heterocycles. The van der Waals surface area contributed by atoms with E-state index in [-0.39, 0.29) is 5.82 Å². The Kier molecular flexibility index (Phi) is 2.95. The minimum atomic E-state index is -0.152. The standard InChI is InChI=1S/C16H15FN2/c1-11-2-3-12(8-15(11)17)10-19-14-4-5-16-13(9-14)6-7-18-16/h2-9,18-19H,10H2,1H3. The van der Waals surface area contributed by atoms with E-state index < -0.39 is 0 Å². The molecule has 1 heterocycles. The van der Waals surface area contributed by atoms with Gasteiger partial charge in [0.2, 0.25) is 0 Å². The van der Waals surface area contributed by atoms with Crippen LogP contribution in [0.25, 0.3) is 10.9 Å². The Morgan fingerprint density at radius 3 is 2.84 bits per heavy atom. The van der Waals surface area contributed by atoms with Crippen molar-refractivity contribution in [3.63, 3.8) is 0 Å². The van der Waals surface area contributed by atoms with Gasteiger partial charge in [-0.1, -0.05) is 12.1 Å². The van der Waals surface area contributed by atoms with Crippen molar-refractivity contribution in [3.8, 4) is 0 Å². The van der Waals surface area contributed by atoms with Crippen LogP contribution in [0.2, 0.25) is 0 Å². The zero-order chi connectivity index (χ0) is 13.2. The molecular weight excluding hydrogens is 239 g/mol. The van der Waals surface area contributed by atoms with Crippen LogP contribution in [-0.2, 0) is 6.54 Å². The van der Waals surface area contributed by atoms with Crippen molar-refractivity contribution in [2.24, 2.45) is 0 Å². The van der Waals surface area contributed by atoms with Gasteiger partial charge in [-0.15, -0.1) is 0 Å². The zero-order valence-corrected chi connectivity index (χ0v) is 10.7. The summed E-state index contributed by atoms with van der Waals surface area (Å²) in [5.41, 5.74) is 3.77. The molecule has 2 nitrogen and oxygen atoms in total. The Balaban J connectivity index is 1.75. The highest BCUT2D eigenvalue weighted by Gasteiger charge is 2.00. The first-order valence-electron chi connectivity index (χ1n) is 6.28. The predicted molar refractivity (Wildman–Crippen MR) is 76.8 cm³/mol. The summed E-state index contributed by atoms with van der Waals surface area (Å²) < 4.78 is 13.4. The largest absolute Gasteiger partial charge is 0.381 e. The van der Waals surface area contributed by atoms with Gasteiger partial charge in [0.05, 0.1) is 0 Å². The van der Waals surface area contributed by atoms with Crippen molar-refractivity contribution < 1.29 is 4.39 Å². The van der Waals surface area contributed by atoms with Crippen LogP contribution in [0.3, 0.4) is 0 Å². The molecule has 0 aliphatic carbocycles. The topological polar surface area (TPSA) is 27.8 Å². The number of aromatic nitrogens is 1. The fraction of sp³-hybridized carbons (Fsp3) is 0.125. The molecule has 1 aromatic heterocycles. The van der Waals surface area contributed by atoms with Gasteiger partial charge in [-0.3, -0.25) is 0 Å². The van der Waals surface area contributed by atoms with Crippen molar-refractivity contribution >= 4 is 16.6 Å². The molecule has 0 saturated carbocycles. The van der Waals surface area contributed by atoms with E-state index in [4.69, 9.17) is 0 Å². The smallest absolute Gasteiger partial charge is 0.126 e. The Labute approximate surface area is 111 Å². The third-order valence-electron chi connectivity index (χ3n) is 3.29. The van der Waals surface area contributed by atoms with Crippen molar-refractivity contribution in [2.75, 3.05) is 5.32 Å². The lowest BCUT2D eigenvalue weighted by Gasteiger charge is -2.07. The van der Waals surface area contributed by atoms with Crippen LogP contribution in [0.5, 0.6) is 0 Å². The second kappa shape index (κ2) is 4.76. The molecule has 0 aliphatic rings. The predicted octanol–water partition coefficient (Wildman–Crippen LogP) is 4.23. The summed E-state index contributed by atoms with van der Waals surface area (Å²) in [6.45, 7) is 2.39. The quantitative estimate of drug-likeness (QED) is 0.719. The fourth-order valence-corrected chi connectivity index (χ4v) is 2.11. The van der Waals surface area contributed by atoms with E-state index in [0.717, 1.165) is 16.8 Å². The summed E-state index contributed by atoms with van der Waals surface area (Å²) in [4.78, 5) is 3.16. The van der Waals surface area contributed by atoms with E-state index in [1.807, 2.05) is 36.5 Å². The number of benzene rings is 2. The van der Waals surface area contributed by atoms with Gasteiger partial charge < -0.3 is 10.3 Å². The Hall–Kier alpha value is -2.29. The first kappa shape index (κ1) is 11.8. The van der Waals surface area contributed by atoms with Crippen LogP contribution in [0, 0.1) is 12.7 Å². The van der Waals surface area contributed by atoms with Crippen LogP contribution in [0.1, 0.15) is 11.1 Å². The average molecular weight is 254 g/mol. The van der Waals surface area contributed by atoms with Crippen LogP contribution in [-0.4, -0.2) is 4.98 Å². The summed E-state index contributed by atoms with van der Waals surface area (Å²) in [6.07, 6.45) is 1.92. The molecule has 0 unspecified atom stereocenters. The van der Waals surface area contributed by atoms with Gasteiger partial charge in [0.15, 0.2) is 0 Å². The SMILES string of the molecule is Cc1ccc(CNc2ccc3[nH]ccc3c2)cc1F. The normalized spacial score (nSPS) is 10.8. The Morgan fingerprint density at radius 1 is 1.11 bits per heavy atom. The van der Waals surface area contributed by atoms with Gasteiger partial charge >= 0.3 is 0 Å². The highest BCUT2D eigenvalue weighted by molar-refractivity contribution is 5.82. The molecule has 3 rings (SSSR count). The van der Waals surface area contributed by atoms with Gasteiger partial charge in [0.1, 0.15) is 5.82 Å². The maximum absolute atomic E-state index is 13.4. The number of fused-ring (bicyclic) bond motifs is 1. The fourth-order valence-electron chi connectivity index (χ4n) is 2.11. The molecule has 0 spiro atoms. The summed E-state index contributed by atoms with van der Waals surface area (Å²) in [5.74, 6) is -0.152. The molecule has 0 radical (unpaired) electrons. The molecule has 0 aliphatic heterocycles. The average Bonchev–Trinajstić information content (AvgIpc) is 2.87. The molecule has 0 bridgehead atoms. The number of H-pyrrole nitrogens is 1. The number of aromatic amines is 1. The third-order valence-corrected chi connectivity index (χ3v) is 3.29. The number of aryl methyl sites for hydroxylation is 1. The summed E-state index contributed by atoms with van der Waals surface area (Å²) in [7, 11) is 0. The summed E-state index contributed by atoms with van der Waals surface area (Å²) >= 11 is 0. The van der Waals surface area contributed by atoms with E-state index in [0.29, 0.717) is 12.1 Å². The highest BCUT2D eigenvalue weighted by Crippen LogP contribution is 2.18. The Bertz CT molecular complexity index is 716. The first-order valence-corrected chi connectivity index (χ1v) is 6.28. The molecule has 3 aromatic rings. The second-order valence-corrected chi connectivity index (χ2v) is 4.72. The van der Waals surface area contributed by atoms with Gasteiger partial charge in [-0.2, -0.15) is 0 Å².